The molecular weight excluding hydrogens is 614 g/mol. The molecule has 4 aliphatic heterocycles. The molecule has 0 saturated carbocycles. The van der Waals surface area contributed by atoms with E-state index in [1.165, 1.54) is 0 Å². The van der Waals surface area contributed by atoms with Gasteiger partial charge in [0.15, 0.2) is 6.10 Å². The smallest absolute Gasteiger partial charge is 0.410 e. The predicted octanol–water partition coefficient (Wildman–Crippen LogP) is 4.23. The van der Waals surface area contributed by atoms with Crippen LogP contribution in [0, 0.1) is 6.92 Å². The number of piperidine rings is 3. The quantitative estimate of drug-likeness (QED) is 0.400. The highest BCUT2D eigenvalue weighted by Crippen LogP contribution is 2.28. The number of phenolic OH excluding ortho intramolecular Hbond substituents is 1. The topological polar surface area (TPSA) is 143 Å². The molecule has 12 nitrogen and oxygen atoms in total. The van der Waals surface area contributed by atoms with E-state index in [0.29, 0.717) is 70.4 Å². The van der Waals surface area contributed by atoms with Crippen molar-refractivity contribution in [3.05, 3.63) is 59.2 Å². The maximum atomic E-state index is 14.0. The molecule has 258 valence electrons. The van der Waals surface area contributed by atoms with E-state index in [4.69, 9.17) is 4.74 Å². The van der Waals surface area contributed by atoms with Crippen LogP contribution in [0.1, 0.15) is 61.6 Å². The number of carbonyl (C=O) groups is 4. The van der Waals surface area contributed by atoms with E-state index in [2.05, 4.69) is 10.2 Å². The number of anilines is 1. The molecular formula is C36H47N5O7. The van der Waals surface area contributed by atoms with Gasteiger partial charge in [0, 0.05) is 56.9 Å². The zero-order valence-electron chi connectivity index (χ0n) is 27.7. The van der Waals surface area contributed by atoms with E-state index >= 15 is 0 Å². The van der Waals surface area contributed by atoms with E-state index in [0.717, 1.165) is 42.6 Å². The molecule has 4 heterocycles. The fraction of sp³-hybridized carbons (Fsp3) is 0.556. The maximum absolute atomic E-state index is 14.0. The molecule has 0 aromatic heterocycles. The molecule has 3 saturated heterocycles. The molecule has 0 spiro atoms. The number of urea groups is 1. The first-order chi connectivity index (χ1) is 23.2. The summed E-state index contributed by atoms with van der Waals surface area (Å²) in [6, 6.07) is 12.4. The number of carboxylic acid groups (broad SMARTS) is 1. The first kappa shape index (κ1) is 33.6. The van der Waals surface area contributed by atoms with Gasteiger partial charge in [0.05, 0.1) is 0 Å². The largest absolute Gasteiger partial charge is 0.508 e. The Balaban J connectivity index is 1.08. The molecule has 0 bridgehead atoms. The molecule has 12 heteroatoms. The number of aliphatic carboxylic acids is 1. The average molecular weight is 662 g/mol. The second-order valence-electron chi connectivity index (χ2n) is 13.6. The van der Waals surface area contributed by atoms with E-state index in [1.807, 2.05) is 29.2 Å². The standard InChI is InChI=1S/C36H47N5O7/c1-24-22-25(9-10-31(24)42)23-32(33(43)38-17-12-27(13-18-38)40-16-5-4-8-30(40)34(44)45)48-36(47)39-19-14-28(15-20-39)41-21-11-26-6-2-3-7-29(26)37-35(41)46/h2-3,6-7,9-10,22,27-28,30,32,42H,4-5,8,11-21,23H2,1H3,(H,37,46)(H,44,45)/t30-,32?/m0/s1. The van der Waals surface area contributed by atoms with Crippen LogP contribution in [-0.4, -0.2) is 117 Å². The lowest BCUT2D eigenvalue weighted by Crippen LogP contribution is -2.55. The van der Waals surface area contributed by atoms with Crippen molar-refractivity contribution in [3.8, 4) is 5.75 Å². The number of rotatable bonds is 7. The zero-order valence-corrected chi connectivity index (χ0v) is 27.7. The molecule has 6 rings (SSSR count). The Hall–Kier alpha value is -4.32. The second kappa shape index (κ2) is 14.8. The summed E-state index contributed by atoms with van der Waals surface area (Å²) in [5.74, 6) is -0.895. The number of carboxylic acids is 1. The highest BCUT2D eigenvalue weighted by atomic mass is 16.6. The molecule has 1 unspecified atom stereocenters. The number of para-hydroxylation sites is 1. The second-order valence-corrected chi connectivity index (χ2v) is 13.6. The molecule has 0 radical (unpaired) electrons. The van der Waals surface area contributed by atoms with Gasteiger partial charge in [-0.2, -0.15) is 0 Å². The van der Waals surface area contributed by atoms with Crippen LogP contribution in [0.3, 0.4) is 0 Å². The number of hydrogen-bond acceptors (Lipinski definition) is 7. The predicted molar refractivity (Wildman–Crippen MR) is 179 cm³/mol. The summed E-state index contributed by atoms with van der Waals surface area (Å²) in [4.78, 5) is 59.8. The van der Waals surface area contributed by atoms with Gasteiger partial charge in [-0.15, -0.1) is 0 Å². The van der Waals surface area contributed by atoms with E-state index in [-0.39, 0.29) is 36.2 Å². The molecule has 2 atom stereocenters. The van der Waals surface area contributed by atoms with Crippen LogP contribution >= 0.6 is 0 Å². The first-order valence-corrected chi connectivity index (χ1v) is 17.3. The monoisotopic (exact) mass is 661 g/mol. The number of nitrogens with one attached hydrogen (secondary N) is 1. The molecule has 2 aromatic rings. The average Bonchev–Trinajstić information content (AvgIpc) is 3.27. The summed E-state index contributed by atoms with van der Waals surface area (Å²) in [7, 11) is 0. The number of nitrogens with zero attached hydrogens (tertiary/aromatic N) is 4. The van der Waals surface area contributed by atoms with Crippen molar-refractivity contribution < 1.29 is 34.1 Å². The lowest BCUT2D eigenvalue weighted by Gasteiger charge is -2.43. The van der Waals surface area contributed by atoms with Gasteiger partial charge < -0.3 is 35.0 Å². The highest BCUT2D eigenvalue weighted by molar-refractivity contribution is 5.91. The zero-order chi connectivity index (χ0) is 33.8. The van der Waals surface area contributed by atoms with Crippen molar-refractivity contribution in [1.82, 2.24) is 19.6 Å². The van der Waals surface area contributed by atoms with Gasteiger partial charge in [-0.1, -0.05) is 36.8 Å². The van der Waals surface area contributed by atoms with Gasteiger partial charge >= 0.3 is 18.1 Å². The van der Waals surface area contributed by atoms with Crippen molar-refractivity contribution in [3.63, 3.8) is 0 Å². The van der Waals surface area contributed by atoms with Gasteiger partial charge in [-0.25, -0.2) is 9.59 Å². The van der Waals surface area contributed by atoms with Crippen LogP contribution in [0.25, 0.3) is 0 Å². The Morgan fingerprint density at radius 1 is 0.896 bits per heavy atom. The van der Waals surface area contributed by atoms with Gasteiger partial charge in [-0.05, 0) is 87.2 Å². The number of benzene rings is 2. The maximum Gasteiger partial charge on any atom is 0.410 e. The van der Waals surface area contributed by atoms with Gasteiger partial charge in [-0.3, -0.25) is 14.5 Å². The van der Waals surface area contributed by atoms with Crippen molar-refractivity contribution in [2.45, 2.75) is 88.9 Å². The molecule has 2 aromatic carbocycles. The summed E-state index contributed by atoms with van der Waals surface area (Å²) >= 11 is 0. The number of amides is 4. The number of likely N-dealkylation sites (tertiary alicyclic amines) is 3. The Bertz CT molecular complexity index is 1500. The van der Waals surface area contributed by atoms with E-state index < -0.39 is 24.2 Å². The third kappa shape index (κ3) is 7.53. The number of carbonyl (C=O) groups excluding carboxylic acids is 3. The van der Waals surface area contributed by atoms with Gasteiger partial charge in [0.1, 0.15) is 11.8 Å². The molecule has 4 amide bonds. The minimum atomic E-state index is -1.05. The van der Waals surface area contributed by atoms with Gasteiger partial charge in [0.2, 0.25) is 0 Å². The molecule has 0 aliphatic carbocycles. The van der Waals surface area contributed by atoms with E-state index in [9.17, 15) is 29.4 Å². The number of phenols is 1. The van der Waals surface area contributed by atoms with Crippen LogP contribution in [0.2, 0.25) is 0 Å². The summed E-state index contributed by atoms with van der Waals surface area (Å²) in [5.41, 5.74) is 3.39. The van der Waals surface area contributed by atoms with Crippen molar-refractivity contribution in [2.24, 2.45) is 0 Å². The van der Waals surface area contributed by atoms with Crippen molar-refractivity contribution >= 4 is 29.7 Å². The Morgan fingerprint density at radius 3 is 2.33 bits per heavy atom. The minimum absolute atomic E-state index is 0.0114. The van der Waals surface area contributed by atoms with Crippen LogP contribution in [0.15, 0.2) is 42.5 Å². The Morgan fingerprint density at radius 2 is 1.60 bits per heavy atom. The van der Waals surface area contributed by atoms with Gasteiger partial charge in [0.25, 0.3) is 5.91 Å². The fourth-order valence-corrected chi connectivity index (χ4v) is 7.81. The summed E-state index contributed by atoms with van der Waals surface area (Å²) in [6.07, 6.45) is 4.40. The first-order valence-electron chi connectivity index (χ1n) is 17.3. The highest BCUT2D eigenvalue weighted by Gasteiger charge is 2.38. The number of fused-ring (bicyclic) bond motifs is 1. The molecule has 3 N–H and O–H groups in total. The van der Waals surface area contributed by atoms with Crippen LogP contribution in [0.4, 0.5) is 15.3 Å². The third-order valence-corrected chi connectivity index (χ3v) is 10.6. The SMILES string of the molecule is Cc1cc(CC(OC(=O)N2CCC(N3CCc4ccccc4NC3=O)CC2)C(=O)N2CCC(N3CCCC[C@H]3C(=O)O)CC2)ccc1O. The van der Waals surface area contributed by atoms with Crippen molar-refractivity contribution in [1.29, 1.82) is 0 Å². The van der Waals surface area contributed by atoms with Crippen molar-refractivity contribution in [2.75, 3.05) is 44.6 Å². The Labute approximate surface area is 281 Å². The number of hydrogen-bond donors (Lipinski definition) is 3. The normalized spacial score (nSPS) is 22.0. The lowest BCUT2D eigenvalue weighted by molar-refractivity contribution is -0.148. The minimum Gasteiger partial charge on any atom is -0.508 e. The number of ether oxygens (including phenoxy) is 1. The molecule has 48 heavy (non-hydrogen) atoms. The fourth-order valence-electron chi connectivity index (χ4n) is 7.81. The lowest BCUT2D eigenvalue weighted by atomic mass is 9.94. The Kier molecular flexibility index (Phi) is 10.4. The summed E-state index contributed by atoms with van der Waals surface area (Å²) in [6.45, 7) is 4.88. The third-order valence-electron chi connectivity index (χ3n) is 10.6. The number of aromatic hydroxyl groups is 1. The van der Waals surface area contributed by atoms with Crippen LogP contribution in [-0.2, 0) is 27.2 Å². The van der Waals surface area contributed by atoms with Crippen LogP contribution < -0.4 is 5.32 Å². The van der Waals surface area contributed by atoms with E-state index in [1.54, 1.807) is 34.9 Å². The summed E-state index contributed by atoms with van der Waals surface area (Å²) < 4.78 is 5.99. The summed E-state index contributed by atoms with van der Waals surface area (Å²) in [5, 5.41) is 22.8. The van der Waals surface area contributed by atoms with Crippen LogP contribution in [0.5, 0.6) is 5.75 Å². The molecule has 4 aliphatic rings. The number of aryl methyl sites for hydroxylation is 1. The molecule has 3 fully saturated rings.